The Hall–Kier alpha value is -1.45. The van der Waals surface area contributed by atoms with E-state index in [2.05, 4.69) is 10.4 Å². The second-order valence-corrected chi connectivity index (χ2v) is 2.89. The molecule has 0 amide bonds. The number of hydrogen-bond acceptors (Lipinski definition) is 3. The van der Waals surface area contributed by atoms with Crippen molar-refractivity contribution >= 4 is 12.3 Å². The minimum absolute atomic E-state index is 0.00574. The fourth-order valence-electron chi connectivity index (χ4n) is 1.42. The smallest absolute Gasteiger partial charge is 0.0817 e. The van der Waals surface area contributed by atoms with E-state index in [4.69, 9.17) is 5.84 Å². The van der Waals surface area contributed by atoms with Gasteiger partial charge >= 0.3 is 0 Å². The summed E-state index contributed by atoms with van der Waals surface area (Å²) in [6.07, 6.45) is 5.54. The third-order valence-electron chi connectivity index (χ3n) is 2.09. The summed E-state index contributed by atoms with van der Waals surface area (Å²) in [5, 5.41) is 0. The maximum atomic E-state index is 5.42. The Bertz CT molecular complexity index is 355. The van der Waals surface area contributed by atoms with Crippen molar-refractivity contribution in [2.45, 2.75) is 6.04 Å². The van der Waals surface area contributed by atoms with E-state index in [1.54, 1.807) is 12.4 Å². The molecule has 3 heteroatoms. The lowest BCUT2D eigenvalue weighted by molar-refractivity contribution is 0.695. The fraction of sp³-hybridized carbons (Fsp3) is 0.100. The highest BCUT2D eigenvalue weighted by Crippen LogP contribution is 2.19. The molecular formula is C10H11N3. The zero-order valence-corrected chi connectivity index (χ0v) is 7.14. The molecule has 0 bridgehead atoms. The van der Waals surface area contributed by atoms with Gasteiger partial charge in [0.05, 0.1) is 6.04 Å². The zero-order chi connectivity index (χ0) is 9.10. The summed E-state index contributed by atoms with van der Waals surface area (Å²) >= 11 is 0. The number of hydrogen-bond donors (Lipinski definition) is 2. The molecule has 0 saturated carbocycles. The van der Waals surface area contributed by atoms with Crippen LogP contribution in [0, 0.1) is 0 Å². The Kier molecular flexibility index (Phi) is 2.21. The van der Waals surface area contributed by atoms with E-state index >= 15 is 0 Å². The first kappa shape index (κ1) is 8.16. The van der Waals surface area contributed by atoms with Crippen molar-refractivity contribution in [3.63, 3.8) is 0 Å². The monoisotopic (exact) mass is 173 g/mol. The van der Waals surface area contributed by atoms with Crippen LogP contribution in [-0.2, 0) is 0 Å². The first-order valence-corrected chi connectivity index (χ1v) is 4.17. The normalized spacial score (nSPS) is 19.6. The quantitative estimate of drug-likeness (QED) is 0.496. The first-order chi connectivity index (χ1) is 6.42. The number of aliphatic imine (C=N–C) groups is 1. The van der Waals surface area contributed by atoms with Gasteiger partial charge in [0, 0.05) is 12.4 Å². The van der Waals surface area contributed by atoms with Gasteiger partial charge in [0.15, 0.2) is 0 Å². The van der Waals surface area contributed by atoms with Crippen molar-refractivity contribution in [3.05, 3.63) is 41.6 Å². The van der Waals surface area contributed by atoms with Crippen molar-refractivity contribution in [1.82, 2.24) is 5.43 Å². The Morgan fingerprint density at radius 1 is 1.31 bits per heavy atom. The molecule has 13 heavy (non-hydrogen) atoms. The van der Waals surface area contributed by atoms with Crippen LogP contribution in [0.5, 0.6) is 0 Å². The number of fused-ring (bicyclic) bond motifs is 1. The Labute approximate surface area is 77.0 Å². The topological polar surface area (TPSA) is 50.4 Å². The summed E-state index contributed by atoms with van der Waals surface area (Å²) in [6, 6.07) is 8.09. The van der Waals surface area contributed by atoms with Crippen LogP contribution in [0.15, 0.2) is 35.5 Å². The van der Waals surface area contributed by atoms with Gasteiger partial charge in [-0.15, -0.1) is 0 Å². The van der Waals surface area contributed by atoms with Gasteiger partial charge in [-0.1, -0.05) is 24.3 Å². The van der Waals surface area contributed by atoms with Gasteiger partial charge in [-0.2, -0.15) is 0 Å². The number of rotatable bonds is 1. The third-order valence-corrected chi connectivity index (χ3v) is 2.09. The molecule has 0 saturated heterocycles. The van der Waals surface area contributed by atoms with E-state index in [1.807, 2.05) is 30.3 Å². The lowest BCUT2D eigenvalue weighted by atomic mass is 10.0. The van der Waals surface area contributed by atoms with Crippen molar-refractivity contribution in [1.29, 1.82) is 0 Å². The average molecular weight is 173 g/mol. The molecule has 1 aromatic carbocycles. The highest BCUT2D eigenvalue weighted by Gasteiger charge is 2.10. The molecule has 1 heterocycles. The van der Waals surface area contributed by atoms with E-state index in [1.165, 1.54) is 0 Å². The summed E-state index contributed by atoms with van der Waals surface area (Å²) < 4.78 is 0. The third kappa shape index (κ3) is 1.52. The van der Waals surface area contributed by atoms with E-state index < -0.39 is 0 Å². The fourth-order valence-corrected chi connectivity index (χ4v) is 1.42. The molecule has 1 aromatic rings. The molecule has 1 atom stereocenters. The maximum Gasteiger partial charge on any atom is 0.0817 e. The highest BCUT2D eigenvalue weighted by atomic mass is 15.2. The van der Waals surface area contributed by atoms with Gasteiger partial charge in [-0.3, -0.25) is 10.8 Å². The molecule has 0 fully saturated rings. The van der Waals surface area contributed by atoms with Crippen LogP contribution in [-0.4, -0.2) is 6.21 Å². The minimum atomic E-state index is 0.00574. The van der Waals surface area contributed by atoms with Crippen molar-refractivity contribution < 1.29 is 0 Å². The van der Waals surface area contributed by atoms with Gasteiger partial charge in [0.2, 0.25) is 0 Å². The molecular weight excluding hydrogens is 162 g/mol. The number of nitrogens with zero attached hydrogens (tertiary/aromatic N) is 1. The Morgan fingerprint density at radius 3 is 3.00 bits per heavy atom. The van der Waals surface area contributed by atoms with Crippen molar-refractivity contribution in [3.8, 4) is 0 Å². The van der Waals surface area contributed by atoms with Crippen LogP contribution in [0.3, 0.4) is 0 Å². The molecule has 66 valence electrons. The second kappa shape index (κ2) is 3.51. The van der Waals surface area contributed by atoms with E-state index in [-0.39, 0.29) is 6.04 Å². The summed E-state index contributed by atoms with van der Waals surface area (Å²) in [5.74, 6) is 5.42. The van der Waals surface area contributed by atoms with Crippen LogP contribution < -0.4 is 11.3 Å². The van der Waals surface area contributed by atoms with Crippen LogP contribution >= 0.6 is 0 Å². The van der Waals surface area contributed by atoms with Crippen LogP contribution in [0.2, 0.25) is 0 Å². The number of hydrazine groups is 1. The molecule has 0 spiro atoms. The molecule has 0 aromatic heterocycles. The average Bonchev–Trinajstić information content (AvgIpc) is 2.39. The molecule has 0 aliphatic carbocycles. The Balaban J connectivity index is 2.50. The predicted octanol–water partition coefficient (Wildman–Crippen LogP) is 1.25. The van der Waals surface area contributed by atoms with Gasteiger partial charge in [-0.25, -0.2) is 5.43 Å². The standard InChI is InChI=1S/C10H11N3/c11-13-10-7-12-6-5-8-3-1-2-4-9(8)10/h1-7,10,13H,11H2. The van der Waals surface area contributed by atoms with Gasteiger partial charge in [0.25, 0.3) is 0 Å². The second-order valence-electron chi connectivity index (χ2n) is 2.89. The molecule has 1 aliphatic heterocycles. The molecule has 0 radical (unpaired) electrons. The van der Waals surface area contributed by atoms with Crippen molar-refractivity contribution in [2.75, 3.05) is 0 Å². The number of benzene rings is 1. The minimum Gasteiger partial charge on any atom is -0.271 e. The van der Waals surface area contributed by atoms with Gasteiger partial charge in [-0.05, 0) is 17.2 Å². The maximum absolute atomic E-state index is 5.42. The van der Waals surface area contributed by atoms with E-state index in [0.29, 0.717) is 0 Å². The lowest BCUT2D eigenvalue weighted by Crippen LogP contribution is -2.29. The zero-order valence-electron chi connectivity index (χ0n) is 7.14. The summed E-state index contributed by atoms with van der Waals surface area (Å²) in [5.41, 5.74) is 5.02. The van der Waals surface area contributed by atoms with Gasteiger partial charge in [0.1, 0.15) is 0 Å². The van der Waals surface area contributed by atoms with Crippen LogP contribution in [0.25, 0.3) is 6.08 Å². The summed E-state index contributed by atoms with van der Waals surface area (Å²) in [6.45, 7) is 0. The molecule has 2 rings (SSSR count). The van der Waals surface area contributed by atoms with Crippen molar-refractivity contribution in [2.24, 2.45) is 10.8 Å². The molecule has 1 aliphatic rings. The summed E-state index contributed by atoms with van der Waals surface area (Å²) in [4.78, 5) is 4.09. The largest absolute Gasteiger partial charge is 0.271 e. The SMILES string of the molecule is NNC1C=NC=Cc2ccccc21. The van der Waals surface area contributed by atoms with E-state index in [9.17, 15) is 0 Å². The highest BCUT2D eigenvalue weighted by molar-refractivity contribution is 5.74. The van der Waals surface area contributed by atoms with Crippen LogP contribution in [0.4, 0.5) is 0 Å². The number of nitrogens with two attached hydrogens (primary N) is 1. The first-order valence-electron chi connectivity index (χ1n) is 4.17. The van der Waals surface area contributed by atoms with Gasteiger partial charge < -0.3 is 0 Å². The Morgan fingerprint density at radius 2 is 2.15 bits per heavy atom. The molecule has 1 unspecified atom stereocenters. The number of nitrogens with one attached hydrogen (secondary N) is 1. The lowest BCUT2D eigenvalue weighted by Gasteiger charge is -2.11. The van der Waals surface area contributed by atoms with E-state index in [0.717, 1.165) is 11.1 Å². The molecule has 3 nitrogen and oxygen atoms in total. The summed E-state index contributed by atoms with van der Waals surface area (Å²) in [7, 11) is 0. The molecule has 3 N–H and O–H groups in total. The van der Waals surface area contributed by atoms with Crippen LogP contribution in [0.1, 0.15) is 17.2 Å². The predicted molar refractivity (Wildman–Crippen MR) is 54.0 cm³/mol.